The average molecular weight is 1700 g/mol. The van der Waals surface area contributed by atoms with Gasteiger partial charge >= 0.3 is 0 Å². The first-order chi connectivity index (χ1) is 65.3. The highest BCUT2D eigenvalue weighted by atomic mass is 16.3. The molecule has 8 bridgehead atoms. The van der Waals surface area contributed by atoms with E-state index in [1.807, 2.05) is 18.2 Å². The second kappa shape index (κ2) is 30.9. The zero-order valence-electron chi connectivity index (χ0n) is 73.8. The van der Waals surface area contributed by atoms with E-state index in [2.05, 4.69) is 416 Å². The van der Waals surface area contributed by atoms with Crippen LogP contribution in [-0.2, 0) is 10.8 Å². The number of para-hydroxylation sites is 3. The van der Waals surface area contributed by atoms with Crippen LogP contribution in [0.25, 0.3) is 155 Å². The standard InChI is InChI=1S/2C64H49NO/c1-2-9-43(10-3-1)45-21-26-53(27-22-45)65(55-30-32-63-59(40-55)57-14-5-7-16-62(57)66-63)54-28-23-46(24-29-54)44-17-19-47(20-18-44)48-11-8-12-49(38-48)50-25-31-61-58(39-50)56-13-4-6-15-60(56)64(61)51-34-41-33-42(36-51)37-52(64)35-41;1-2-9-43(10-3-1)47-25-30-53(31-26-47)65(61-15-8-13-57-56-12-5-7-16-62(56)66-63(57)61)54-32-27-48(28-33-54)46-19-17-44(18-20-46)45-21-23-49(24-22-45)50-29-34-60-58(40-50)55-11-4-6-14-59(55)64(60)51-36-41-35-42(38-51)39-52(64)37-41/h1-32,38-42,51-52H,33-37H2;1-34,40-42,51-52H,35-39H2. The number of rotatable bonds is 14. The molecular formula is C128H98N2O2. The van der Waals surface area contributed by atoms with Gasteiger partial charge in [-0.15, -0.1) is 0 Å². The Labute approximate surface area is 771 Å². The van der Waals surface area contributed by atoms with E-state index in [1.54, 1.807) is 22.3 Å². The summed E-state index contributed by atoms with van der Waals surface area (Å²) in [5.74, 6) is 6.98. The van der Waals surface area contributed by atoms with Gasteiger partial charge in [0, 0.05) is 60.8 Å². The first-order valence-corrected chi connectivity index (χ1v) is 48.1. The first kappa shape index (κ1) is 77.1. The minimum Gasteiger partial charge on any atom is -0.456 e. The van der Waals surface area contributed by atoms with E-state index in [-0.39, 0.29) is 10.8 Å². The third-order valence-electron chi connectivity index (χ3n) is 32.6. The number of fused-ring (bicyclic) bond motifs is 12. The fourth-order valence-corrected chi connectivity index (χ4v) is 27.2. The van der Waals surface area contributed by atoms with Gasteiger partial charge in [0.15, 0.2) is 5.58 Å². The summed E-state index contributed by atoms with van der Waals surface area (Å²) in [4.78, 5) is 4.66. The zero-order valence-corrected chi connectivity index (χ0v) is 73.8. The Morgan fingerprint density at radius 1 is 0.182 bits per heavy atom. The molecule has 2 aromatic heterocycles. The highest BCUT2D eigenvalue weighted by molar-refractivity contribution is 6.11. The highest BCUT2D eigenvalue weighted by Gasteiger charge is 2.63. The average Bonchev–Trinajstić information content (AvgIpc) is 1.49. The van der Waals surface area contributed by atoms with Crippen molar-refractivity contribution in [1.82, 2.24) is 0 Å². The van der Waals surface area contributed by atoms with Crippen LogP contribution >= 0.6 is 0 Å². The number of nitrogens with zero attached hydrogens (tertiary/aromatic N) is 2. The number of anilines is 6. The van der Waals surface area contributed by atoms with Crippen molar-refractivity contribution in [2.75, 3.05) is 9.80 Å². The maximum atomic E-state index is 6.59. The van der Waals surface area contributed by atoms with Crippen molar-refractivity contribution < 1.29 is 8.83 Å². The van der Waals surface area contributed by atoms with Crippen molar-refractivity contribution in [2.24, 2.45) is 47.3 Å². The van der Waals surface area contributed by atoms with Gasteiger partial charge in [-0.05, 0) is 348 Å². The summed E-state index contributed by atoms with van der Waals surface area (Å²) < 4.78 is 12.8. The second-order valence-electron chi connectivity index (χ2n) is 39.4. The molecule has 2 heterocycles. The molecule has 0 atom stereocenters. The number of benzene rings is 18. The summed E-state index contributed by atoms with van der Waals surface area (Å²) in [7, 11) is 0. The molecule has 2 spiro atoms. The SMILES string of the molecule is c1ccc(-c2ccc(N(c3ccc(-c4ccc(-c5ccc(-c6ccc7c(c6)-c6ccccc6C76C7CC8CC(C7)CC6C8)cc5)cc4)cc3)c3cccc4c3oc3ccccc34)cc2)cc1.c1ccc(-c2ccc(N(c3ccc(-c4ccc(-c5cccc(-c6ccc7c(c6)-c6ccccc6C76C7CC8CC(C7)CC6C8)c5)cc4)cc3)c3ccc4oc5ccccc5c4c3)cc2)cc1. The molecule has 0 unspecified atom stereocenters. The van der Waals surface area contributed by atoms with Crippen LogP contribution in [0.15, 0.2) is 433 Å². The van der Waals surface area contributed by atoms with Gasteiger partial charge in [0.05, 0.1) is 5.69 Å². The summed E-state index contributed by atoms with van der Waals surface area (Å²) in [6.07, 6.45) is 14.3. The zero-order chi connectivity index (χ0) is 86.7. The lowest BCUT2D eigenvalue weighted by Gasteiger charge is -2.61. The smallest absolute Gasteiger partial charge is 0.159 e. The number of furan rings is 2. The van der Waals surface area contributed by atoms with Crippen LogP contribution in [0.4, 0.5) is 34.1 Å². The Bertz CT molecular complexity index is 7800. The van der Waals surface area contributed by atoms with Gasteiger partial charge < -0.3 is 18.6 Å². The minimum atomic E-state index is 0.210. The van der Waals surface area contributed by atoms with E-state index in [0.29, 0.717) is 0 Å². The van der Waals surface area contributed by atoms with Crippen LogP contribution in [0.3, 0.4) is 0 Å². The van der Waals surface area contributed by atoms with Crippen molar-refractivity contribution in [3.05, 3.63) is 447 Å². The van der Waals surface area contributed by atoms with E-state index < -0.39 is 0 Å². The van der Waals surface area contributed by atoms with Crippen LogP contribution in [-0.4, -0.2) is 0 Å². The van der Waals surface area contributed by atoms with E-state index in [0.717, 1.165) is 125 Å². The third kappa shape index (κ3) is 12.5. The molecule has 0 N–H and O–H groups in total. The Morgan fingerprint density at radius 3 is 0.909 bits per heavy atom. The number of hydrogen-bond donors (Lipinski definition) is 0. The van der Waals surface area contributed by atoms with E-state index in [9.17, 15) is 0 Å². The predicted octanol–water partition coefficient (Wildman–Crippen LogP) is 34.9. The van der Waals surface area contributed by atoms with Gasteiger partial charge in [-0.2, -0.15) is 0 Å². The molecule has 0 amide bonds. The Balaban J connectivity index is 0.000000135. The van der Waals surface area contributed by atoms with Crippen molar-refractivity contribution in [3.63, 3.8) is 0 Å². The summed E-state index contributed by atoms with van der Waals surface area (Å²) in [6, 6.07) is 157. The topological polar surface area (TPSA) is 32.8 Å². The van der Waals surface area contributed by atoms with Crippen molar-refractivity contribution in [2.45, 2.75) is 75.0 Å². The van der Waals surface area contributed by atoms with Gasteiger partial charge in [0.2, 0.25) is 0 Å². The van der Waals surface area contributed by atoms with Crippen LogP contribution in [0, 0.1) is 47.3 Å². The minimum absolute atomic E-state index is 0.210. The molecule has 4 nitrogen and oxygen atoms in total. The van der Waals surface area contributed by atoms with E-state index in [1.165, 1.54) is 175 Å². The van der Waals surface area contributed by atoms with Gasteiger partial charge in [0.1, 0.15) is 16.7 Å². The summed E-state index contributed by atoms with van der Waals surface area (Å²) in [5, 5.41) is 4.47. The summed E-state index contributed by atoms with van der Waals surface area (Å²) >= 11 is 0. The molecule has 0 aliphatic heterocycles. The monoisotopic (exact) mass is 1690 g/mol. The fourth-order valence-electron chi connectivity index (χ4n) is 27.2. The maximum absolute atomic E-state index is 6.59. The molecule has 0 radical (unpaired) electrons. The van der Waals surface area contributed by atoms with Crippen LogP contribution in [0.2, 0.25) is 0 Å². The van der Waals surface area contributed by atoms with Gasteiger partial charge in [-0.1, -0.05) is 322 Å². The molecule has 0 saturated heterocycles. The molecule has 8 fully saturated rings. The van der Waals surface area contributed by atoms with E-state index in [4.69, 9.17) is 8.83 Å². The largest absolute Gasteiger partial charge is 0.456 e. The summed E-state index contributed by atoms with van der Waals surface area (Å²) in [6.45, 7) is 0. The normalized spacial score (nSPS) is 21.1. The van der Waals surface area contributed by atoms with Gasteiger partial charge in [-0.25, -0.2) is 0 Å². The molecule has 10 aliphatic rings. The molecule has 132 heavy (non-hydrogen) atoms. The lowest BCUT2D eigenvalue weighted by atomic mass is 9.43. The lowest BCUT2D eigenvalue weighted by molar-refractivity contribution is -0.0399. The fraction of sp³-hybridized carbons (Fsp3) is 0.156. The van der Waals surface area contributed by atoms with Crippen LogP contribution in [0.5, 0.6) is 0 Å². The molecule has 30 rings (SSSR count). The van der Waals surface area contributed by atoms with Gasteiger partial charge in [-0.3, -0.25) is 0 Å². The summed E-state index contributed by atoms with van der Waals surface area (Å²) in [5.41, 5.74) is 42.5. The predicted molar refractivity (Wildman–Crippen MR) is 547 cm³/mol. The highest BCUT2D eigenvalue weighted by Crippen LogP contribution is 2.72. The number of hydrogen-bond acceptors (Lipinski definition) is 4. The Morgan fingerprint density at radius 2 is 0.470 bits per heavy atom. The lowest BCUT2D eigenvalue weighted by Crippen LogP contribution is -2.55. The molecular weight excluding hydrogens is 1600 g/mol. The molecule has 8 saturated carbocycles. The molecule has 18 aromatic carbocycles. The van der Waals surface area contributed by atoms with E-state index >= 15 is 0 Å². The molecule has 20 aromatic rings. The second-order valence-corrected chi connectivity index (χ2v) is 39.4. The third-order valence-corrected chi connectivity index (χ3v) is 32.6. The van der Waals surface area contributed by atoms with Crippen molar-refractivity contribution in [3.8, 4) is 111 Å². The Kier molecular flexibility index (Phi) is 18.1. The van der Waals surface area contributed by atoms with Crippen molar-refractivity contribution >= 4 is 78.0 Å². The van der Waals surface area contributed by atoms with Crippen LogP contribution < -0.4 is 9.80 Å². The molecule has 632 valence electrons. The quantitative estimate of drug-likeness (QED) is 0.109. The maximum Gasteiger partial charge on any atom is 0.159 e. The first-order valence-electron chi connectivity index (χ1n) is 48.1. The van der Waals surface area contributed by atoms with Gasteiger partial charge in [0.25, 0.3) is 0 Å². The van der Waals surface area contributed by atoms with Crippen molar-refractivity contribution in [1.29, 1.82) is 0 Å². The van der Waals surface area contributed by atoms with Crippen LogP contribution in [0.1, 0.15) is 86.5 Å². The Hall–Kier alpha value is -14.8. The molecule has 10 aliphatic carbocycles. The molecule has 4 heteroatoms.